The van der Waals surface area contributed by atoms with E-state index in [1.54, 1.807) is 43.2 Å². The molecule has 2 heterocycles. The van der Waals surface area contributed by atoms with Crippen molar-refractivity contribution in [2.75, 3.05) is 19.5 Å². The zero-order chi connectivity index (χ0) is 18.7. The molecular formula is C17H19N5O4. The Kier molecular flexibility index (Phi) is 4.87. The number of nitrogens with one attached hydrogen (secondary N) is 1. The number of aromatic nitrogens is 4. The van der Waals surface area contributed by atoms with E-state index < -0.39 is 0 Å². The lowest BCUT2D eigenvalue weighted by molar-refractivity contribution is 0.101. The molecule has 3 rings (SSSR count). The molecule has 0 atom stereocenters. The second-order valence-corrected chi connectivity index (χ2v) is 5.45. The summed E-state index contributed by atoms with van der Waals surface area (Å²) in [6.45, 7) is 4.31. The lowest BCUT2D eigenvalue weighted by Gasteiger charge is -2.05. The highest BCUT2D eigenvalue weighted by Crippen LogP contribution is 2.29. The zero-order valence-corrected chi connectivity index (χ0v) is 14.9. The molecule has 1 aromatic carbocycles. The van der Waals surface area contributed by atoms with E-state index >= 15 is 0 Å². The van der Waals surface area contributed by atoms with E-state index in [1.165, 1.54) is 0 Å². The molecule has 0 aliphatic carbocycles. The van der Waals surface area contributed by atoms with E-state index in [9.17, 15) is 4.79 Å². The van der Waals surface area contributed by atoms with Crippen molar-refractivity contribution in [3.05, 3.63) is 35.7 Å². The summed E-state index contributed by atoms with van der Waals surface area (Å²) in [5.74, 6) is 1.04. The predicted molar refractivity (Wildman–Crippen MR) is 93.4 cm³/mol. The number of amides is 1. The molecule has 0 radical (unpaired) electrons. The van der Waals surface area contributed by atoms with E-state index in [0.29, 0.717) is 29.3 Å². The number of ether oxygens (including phenoxy) is 2. The second kappa shape index (κ2) is 7.26. The van der Waals surface area contributed by atoms with Crippen LogP contribution < -0.4 is 14.8 Å². The number of carbonyl (C=O) groups is 1. The quantitative estimate of drug-likeness (QED) is 0.723. The third-order valence-electron chi connectivity index (χ3n) is 3.68. The Morgan fingerprint density at radius 3 is 2.46 bits per heavy atom. The van der Waals surface area contributed by atoms with Crippen LogP contribution in [0, 0.1) is 6.92 Å². The van der Waals surface area contributed by atoms with Gasteiger partial charge in [0.2, 0.25) is 5.89 Å². The van der Waals surface area contributed by atoms with Crippen LogP contribution in [0.3, 0.4) is 0 Å². The van der Waals surface area contributed by atoms with Gasteiger partial charge < -0.3 is 13.9 Å². The van der Waals surface area contributed by atoms with Crippen LogP contribution in [0.1, 0.15) is 23.1 Å². The number of carbonyl (C=O) groups excluding carboxylic acids is 1. The maximum atomic E-state index is 12.4. The van der Waals surface area contributed by atoms with Crippen molar-refractivity contribution in [3.8, 4) is 23.0 Å². The monoisotopic (exact) mass is 357 g/mol. The van der Waals surface area contributed by atoms with E-state index in [-0.39, 0.29) is 17.8 Å². The third-order valence-corrected chi connectivity index (χ3v) is 3.68. The van der Waals surface area contributed by atoms with Gasteiger partial charge in [0.15, 0.2) is 0 Å². The molecule has 0 fully saturated rings. The Hall–Kier alpha value is -3.36. The summed E-state index contributed by atoms with van der Waals surface area (Å²) < 4.78 is 17.6. The number of aryl methyl sites for hydroxylation is 2. The Morgan fingerprint density at radius 2 is 1.85 bits per heavy atom. The van der Waals surface area contributed by atoms with Crippen LogP contribution in [0.15, 0.2) is 28.7 Å². The smallest absolute Gasteiger partial charge is 0.322 e. The van der Waals surface area contributed by atoms with E-state index in [0.717, 1.165) is 5.69 Å². The second-order valence-electron chi connectivity index (χ2n) is 5.45. The van der Waals surface area contributed by atoms with Crippen molar-refractivity contribution in [3.63, 3.8) is 0 Å². The standard InChI is InChI=1S/C17H19N5O4/c1-5-22-14(6-10(2)21-22)15(23)18-17-20-19-16(26-17)11-7-12(24-3)9-13(8-11)25-4/h6-9H,5H2,1-4H3,(H,18,20,23). The van der Waals surface area contributed by atoms with Gasteiger partial charge in [0.1, 0.15) is 17.2 Å². The molecule has 0 saturated carbocycles. The summed E-state index contributed by atoms with van der Waals surface area (Å²) in [6.07, 6.45) is 0. The first-order chi connectivity index (χ1) is 12.5. The van der Waals surface area contributed by atoms with Crippen molar-refractivity contribution >= 4 is 11.9 Å². The summed E-state index contributed by atoms with van der Waals surface area (Å²) >= 11 is 0. The first kappa shape index (κ1) is 17.5. The molecule has 0 spiro atoms. The highest BCUT2D eigenvalue weighted by molar-refractivity contribution is 6.01. The molecule has 3 aromatic rings. The molecule has 2 aromatic heterocycles. The molecule has 136 valence electrons. The van der Waals surface area contributed by atoms with Gasteiger partial charge >= 0.3 is 6.01 Å². The van der Waals surface area contributed by atoms with Crippen LogP contribution in [0.4, 0.5) is 6.01 Å². The minimum Gasteiger partial charge on any atom is -0.497 e. The number of rotatable bonds is 6. The number of anilines is 1. The van der Waals surface area contributed by atoms with Gasteiger partial charge in [0.25, 0.3) is 5.91 Å². The minimum absolute atomic E-state index is 0.00621. The van der Waals surface area contributed by atoms with Crippen LogP contribution in [0.2, 0.25) is 0 Å². The molecule has 0 aliphatic rings. The highest BCUT2D eigenvalue weighted by Gasteiger charge is 2.17. The van der Waals surface area contributed by atoms with Crippen LogP contribution in [-0.2, 0) is 6.54 Å². The minimum atomic E-state index is -0.370. The predicted octanol–water partition coefficient (Wildman–Crippen LogP) is 2.53. The van der Waals surface area contributed by atoms with Gasteiger partial charge in [-0.15, -0.1) is 5.10 Å². The van der Waals surface area contributed by atoms with Crippen molar-refractivity contribution < 1.29 is 18.7 Å². The normalized spacial score (nSPS) is 10.6. The molecule has 0 aliphatic heterocycles. The fourth-order valence-electron chi connectivity index (χ4n) is 2.45. The summed E-state index contributed by atoms with van der Waals surface area (Å²) in [7, 11) is 3.10. The third kappa shape index (κ3) is 3.51. The maximum Gasteiger partial charge on any atom is 0.322 e. The molecule has 1 N–H and O–H groups in total. The summed E-state index contributed by atoms with van der Waals surface area (Å²) in [5, 5.41) is 14.7. The molecule has 0 saturated heterocycles. The van der Waals surface area contributed by atoms with Crippen LogP contribution in [0.5, 0.6) is 11.5 Å². The molecule has 9 nitrogen and oxygen atoms in total. The maximum absolute atomic E-state index is 12.4. The Labute approximate surface area is 149 Å². The molecule has 1 amide bonds. The van der Waals surface area contributed by atoms with Crippen molar-refractivity contribution in [2.24, 2.45) is 0 Å². The van der Waals surface area contributed by atoms with Crippen LogP contribution in [-0.4, -0.2) is 40.1 Å². The molecule has 26 heavy (non-hydrogen) atoms. The van der Waals surface area contributed by atoms with Crippen molar-refractivity contribution in [1.29, 1.82) is 0 Å². The van der Waals surface area contributed by atoms with Gasteiger partial charge in [-0.25, -0.2) is 0 Å². The number of methoxy groups -OCH3 is 2. The van der Waals surface area contributed by atoms with Crippen LogP contribution in [0.25, 0.3) is 11.5 Å². The summed E-state index contributed by atoms with van der Waals surface area (Å²) in [5.41, 5.74) is 1.79. The fourth-order valence-corrected chi connectivity index (χ4v) is 2.45. The SMILES string of the molecule is CCn1nc(C)cc1C(=O)Nc1nnc(-c2cc(OC)cc(OC)c2)o1. The summed E-state index contributed by atoms with van der Waals surface area (Å²) in [6, 6.07) is 6.89. The topological polar surface area (TPSA) is 104 Å². The lowest BCUT2D eigenvalue weighted by atomic mass is 10.2. The Balaban J connectivity index is 1.83. The van der Waals surface area contributed by atoms with Gasteiger partial charge in [-0.3, -0.25) is 14.8 Å². The van der Waals surface area contributed by atoms with E-state index in [4.69, 9.17) is 13.9 Å². The van der Waals surface area contributed by atoms with Gasteiger partial charge in [0, 0.05) is 18.2 Å². The molecule has 0 unspecified atom stereocenters. The Bertz CT molecular complexity index is 909. The summed E-state index contributed by atoms with van der Waals surface area (Å²) in [4.78, 5) is 12.4. The number of hydrogen-bond donors (Lipinski definition) is 1. The number of hydrogen-bond acceptors (Lipinski definition) is 7. The van der Waals surface area contributed by atoms with Crippen LogP contribution >= 0.6 is 0 Å². The van der Waals surface area contributed by atoms with Crippen molar-refractivity contribution in [2.45, 2.75) is 20.4 Å². The van der Waals surface area contributed by atoms with E-state index in [2.05, 4.69) is 20.6 Å². The number of benzene rings is 1. The fraction of sp³-hybridized carbons (Fsp3) is 0.294. The van der Waals surface area contributed by atoms with Gasteiger partial charge in [0.05, 0.1) is 19.9 Å². The molecule has 0 bridgehead atoms. The average Bonchev–Trinajstić information content (AvgIpc) is 3.27. The molecular weight excluding hydrogens is 338 g/mol. The first-order valence-electron chi connectivity index (χ1n) is 7.96. The first-order valence-corrected chi connectivity index (χ1v) is 7.96. The highest BCUT2D eigenvalue weighted by atomic mass is 16.5. The lowest BCUT2D eigenvalue weighted by Crippen LogP contribution is -2.17. The number of nitrogens with zero attached hydrogens (tertiary/aromatic N) is 4. The Morgan fingerprint density at radius 1 is 1.15 bits per heavy atom. The molecule has 9 heteroatoms. The van der Waals surface area contributed by atoms with E-state index in [1.807, 2.05) is 13.8 Å². The van der Waals surface area contributed by atoms with Crippen molar-refractivity contribution in [1.82, 2.24) is 20.0 Å². The van der Waals surface area contributed by atoms with Gasteiger partial charge in [-0.05, 0) is 32.0 Å². The van der Waals surface area contributed by atoms with Gasteiger partial charge in [-0.1, -0.05) is 5.10 Å². The van der Waals surface area contributed by atoms with Gasteiger partial charge in [-0.2, -0.15) is 5.10 Å². The largest absolute Gasteiger partial charge is 0.497 e. The average molecular weight is 357 g/mol. The zero-order valence-electron chi connectivity index (χ0n) is 14.9.